The van der Waals surface area contributed by atoms with Gasteiger partial charge in [-0.15, -0.1) is 0 Å². The molecule has 3 N–H and O–H groups in total. The molecular formula is C28H27FN4O4S. The van der Waals surface area contributed by atoms with Gasteiger partial charge in [-0.05, 0) is 42.9 Å². The first-order chi connectivity index (χ1) is 18.2. The fourth-order valence-corrected chi connectivity index (χ4v) is 3.71. The summed E-state index contributed by atoms with van der Waals surface area (Å²) in [5.41, 5.74) is 2.21. The molecule has 0 aliphatic carbocycles. The van der Waals surface area contributed by atoms with E-state index in [1.807, 2.05) is 30.3 Å². The number of carbonyl (C=O) groups excluding carboxylic acids is 2. The van der Waals surface area contributed by atoms with Crippen LogP contribution in [-0.4, -0.2) is 37.3 Å². The summed E-state index contributed by atoms with van der Waals surface area (Å²) in [6, 6.07) is 16.4. The molecule has 0 aromatic heterocycles. The molecule has 0 bridgehead atoms. The summed E-state index contributed by atoms with van der Waals surface area (Å²) >= 11 is 5.17. The number of thiocarbonyl (C=S) groups is 1. The second-order valence-electron chi connectivity index (χ2n) is 7.87. The van der Waals surface area contributed by atoms with Gasteiger partial charge in [0.05, 0.1) is 24.8 Å². The average molecular weight is 535 g/mol. The molecule has 0 aliphatic rings. The number of hydrogen-bond donors (Lipinski definition) is 3. The number of carbonyl (C=O) groups is 2. The van der Waals surface area contributed by atoms with Crippen molar-refractivity contribution in [2.24, 2.45) is 4.99 Å². The van der Waals surface area contributed by atoms with Crippen molar-refractivity contribution >= 4 is 52.5 Å². The van der Waals surface area contributed by atoms with Gasteiger partial charge in [0.2, 0.25) is 5.91 Å². The fraction of sp³-hybridized carbons (Fsp3) is 0.143. The van der Waals surface area contributed by atoms with Gasteiger partial charge in [-0.25, -0.2) is 4.39 Å². The predicted octanol–water partition coefficient (Wildman–Crippen LogP) is 5.02. The number of rotatable bonds is 9. The van der Waals surface area contributed by atoms with E-state index in [2.05, 4.69) is 27.5 Å². The summed E-state index contributed by atoms with van der Waals surface area (Å²) in [6.45, 7) is 5.63. The first kappa shape index (κ1) is 28.0. The molecule has 0 radical (unpaired) electrons. The maximum Gasteiger partial charge on any atom is 0.254 e. The Morgan fingerprint density at radius 2 is 1.82 bits per heavy atom. The molecule has 3 aromatic carbocycles. The van der Waals surface area contributed by atoms with Crippen LogP contribution in [0.15, 0.2) is 72.2 Å². The predicted molar refractivity (Wildman–Crippen MR) is 151 cm³/mol. The van der Waals surface area contributed by atoms with Crippen molar-refractivity contribution in [3.63, 3.8) is 0 Å². The van der Waals surface area contributed by atoms with Crippen LogP contribution in [0, 0.1) is 5.82 Å². The van der Waals surface area contributed by atoms with Crippen LogP contribution in [0.25, 0.3) is 5.76 Å². The molecule has 0 saturated heterocycles. The van der Waals surface area contributed by atoms with Crippen LogP contribution >= 0.6 is 12.2 Å². The van der Waals surface area contributed by atoms with E-state index in [9.17, 15) is 14.0 Å². The maximum atomic E-state index is 14.9. The highest BCUT2D eigenvalue weighted by molar-refractivity contribution is 7.80. The molecule has 38 heavy (non-hydrogen) atoms. The Morgan fingerprint density at radius 3 is 2.45 bits per heavy atom. The molecule has 0 unspecified atom stereocenters. The first-order valence-electron chi connectivity index (χ1n) is 11.5. The van der Waals surface area contributed by atoms with Gasteiger partial charge >= 0.3 is 0 Å². The largest absolute Gasteiger partial charge is 0.496 e. The Morgan fingerprint density at radius 1 is 1.08 bits per heavy atom. The minimum atomic E-state index is -0.699. The normalized spacial score (nSPS) is 10.5. The number of benzene rings is 3. The third-order valence-electron chi connectivity index (χ3n) is 5.24. The zero-order valence-electron chi connectivity index (χ0n) is 21.1. The number of hydrogen-bond acceptors (Lipinski definition) is 6. The number of halogens is 1. The lowest BCUT2D eigenvalue weighted by molar-refractivity contribution is -0.119. The minimum Gasteiger partial charge on any atom is -0.496 e. The van der Waals surface area contributed by atoms with E-state index < -0.39 is 5.82 Å². The molecule has 0 atom stereocenters. The van der Waals surface area contributed by atoms with Crippen molar-refractivity contribution in [1.82, 2.24) is 10.6 Å². The number of amides is 2. The van der Waals surface area contributed by atoms with Crippen LogP contribution in [0.3, 0.4) is 0 Å². The summed E-state index contributed by atoms with van der Waals surface area (Å²) in [5, 5.41) is 7.93. The van der Waals surface area contributed by atoms with Gasteiger partial charge < -0.3 is 25.4 Å². The Bertz CT molecular complexity index is 1390. The number of methoxy groups -OCH3 is 1. The molecule has 0 fully saturated rings. The van der Waals surface area contributed by atoms with Crippen LogP contribution in [-0.2, 0) is 11.2 Å². The van der Waals surface area contributed by atoms with E-state index in [0.29, 0.717) is 22.7 Å². The van der Waals surface area contributed by atoms with Crippen LogP contribution in [0.1, 0.15) is 28.4 Å². The van der Waals surface area contributed by atoms with Crippen molar-refractivity contribution in [3.8, 4) is 11.5 Å². The SMILES string of the molecule is C=C(Oc1ccc(NC(=S)NC(=O)Cc2ccccc2)cc1F)c1cc(C(=O)NC)c(OC)cc1N=CC. The number of ether oxygens (including phenoxy) is 2. The van der Waals surface area contributed by atoms with Crippen LogP contribution < -0.4 is 25.4 Å². The quantitative estimate of drug-likeness (QED) is 0.202. The summed E-state index contributed by atoms with van der Waals surface area (Å²) < 4.78 is 25.9. The third kappa shape index (κ3) is 7.23. The zero-order chi connectivity index (χ0) is 27.7. The second kappa shape index (κ2) is 13.1. The first-order valence-corrected chi connectivity index (χ1v) is 11.9. The molecule has 0 heterocycles. The molecule has 3 rings (SSSR count). The summed E-state index contributed by atoms with van der Waals surface area (Å²) in [5.74, 6) is -1.10. The van der Waals surface area contributed by atoms with Gasteiger partial charge in [-0.2, -0.15) is 0 Å². The van der Waals surface area contributed by atoms with E-state index in [0.717, 1.165) is 5.56 Å². The molecule has 196 valence electrons. The van der Waals surface area contributed by atoms with Gasteiger partial charge in [-0.3, -0.25) is 14.6 Å². The maximum absolute atomic E-state index is 14.9. The van der Waals surface area contributed by atoms with Crippen LogP contribution in [0.2, 0.25) is 0 Å². The highest BCUT2D eigenvalue weighted by Gasteiger charge is 2.19. The average Bonchev–Trinajstić information content (AvgIpc) is 2.90. The van der Waals surface area contributed by atoms with E-state index in [-0.39, 0.29) is 40.4 Å². The Kier molecular flexibility index (Phi) is 9.66. The van der Waals surface area contributed by atoms with E-state index >= 15 is 0 Å². The van der Waals surface area contributed by atoms with Gasteiger partial charge in [0, 0.05) is 36.6 Å². The molecule has 0 aliphatic heterocycles. The lowest BCUT2D eigenvalue weighted by Crippen LogP contribution is -2.35. The van der Waals surface area contributed by atoms with Crippen LogP contribution in [0.4, 0.5) is 15.8 Å². The fourth-order valence-electron chi connectivity index (χ4n) is 3.48. The van der Waals surface area contributed by atoms with Gasteiger partial charge in [0.15, 0.2) is 16.7 Å². The second-order valence-corrected chi connectivity index (χ2v) is 8.28. The monoisotopic (exact) mass is 534 g/mol. The van der Waals surface area contributed by atoms with Gasteiger partial charge in [0.1, 0.15) is 11.5 Å². The van der Waals surface area contributed by atoms with Crippen molar-refractivity contribution in [2.75, 3.05) is 19.5 Å². The van der Waals surface area contributed by atoms with E-state index in [1.165, 1.54) is 38.4 Å². The Hall–Kier alpha value is -4.57. The smallest absolute Gasteiger partial charge is 0.254 e. The Balaban J connectivity index is 1.72. The summed E-state index contributed by atoms with van der Waals surface area (Å²) in [7, 11) is 2.94. The zero-order valence-corrected chi connectivity index (χ0v) is 21.9. The molecular weight excluding hydrogens is 507 g/mol. The van der Waals surface area contributed by atoms with Crippen molar-refractivity contribution < 1.29 is 23.5 Å². The van der Waals surface area contributed by atoms with Crippen molar-refractivity contribution in [3.05, 3.63) is 89.8 Å². The molecule has 0 saturated carbocycles. The molecule has 2 amide bonds. The molecule has 0 spiro atoms. The Labute approximate surface area is 225 Å². The van der Waals surface area contributed by atoms with Gasteiger partial charge in [-0.1, -0.05) is 36.9 Å². The van der Waals surface area contributed by atoms with Gasteiger partial charge in [0.25, 0.3) is 5.91 Å². The third-order valence-corrected chi connectivity index (χ3v) is 5.45. The summed E-state index contributed by atoms with van der Waals surface area (Å²) in [6.07, 6.45) is 1.72. The number of nitrogens with zero attached hydrogens (tertiary/aromatic N) is 1. The highest BCUT2D eigenvalue weighted by Crippen LogP contribution is 2.35. The molecule has 3 aromatic rings. The highest BCUT2D eigenvalue weighted by atomic mass is 32.1. The topological polar surface area (TPSA) is 101 Å². The number of aliphatic imine (C=N–C) groups is 1. The number of nitrogens with one attached hydrogen (secondary N) is 3. The lowest BCUT2D eigenvalue weighted by atomic mass is 10.1. The molecule has 8 nitrogen and oxygen atoms in total. The summed E-state index contributed by atoms with van der Waals surface area (Å²) in [4.78, 5) is 28.8. The van der Waals surface area contributed by atoms with E-state index in [1.54, 1.807) is 19.2 Å². The van der Waals surface area contributed by atoms with Crippen LogP contribution in [0.5, 0.6) is 11.5 Å². The minimum absolute atomic E-state index is 0.0328. The van der Waals surface area contributed by atoms with Crippen molar-refractivity contribution in [1.29, 1.82) is 0 Å². The number of anilines is 1. The molecule has 10 heteroatoms. The van der Waals surface area contributed by atoms with E-state index in [4.69, 9.17) is 21.7 Å². The standard InChI is InChI=1S/C28H27FN4O4S/c1-5-31-23-16-25(36-4)21(27(35)30-3)15-20(23)17(2)37-24-12-11-19(14-22(24)29)32-28(38)33-26(34)13-18-9-7-6-8-10-18/h5-12,14-16H,2,13H2,1,3-4H3,(H,30,35)(H2,32,33,34,38). The lowest BCUT2D eigenvalue weighted by Gasteiger charge is -2.16. The van der Waals surface area contributed by atoms with Crippen molar-refractivity contribution in [2.45, 2.75) is 13.3 Å².